The fraction of sp³-hybridized carbons (Fsp3) is 0.238. The van der Waals surface area contributed by atoms with Crippen molar-refractivity contribution in [1.29, 1.82) is 0 Å². The Balaban J connectivity index is 1.81. The number of amides is 1. The van der Waals surface area contributed by atoms with Gasteiger partial charge in [-0.25, -0.2) is 4.99 Å². The van der Waals surface area contributed by atoms with Crippen LogP contribution in [0, 0.1) is 10.1 Å². The number of ether oxygens (including phenoxy) is 2. The molecule has 0 atom stereocenters. The molecule has 1 fully saturated rings. The highest BCUT2D eigenvalue weighted by Gasteiger charge is 2.22. The molecule has 0 aliphatic carbocycles. The van der Waals surface area contributed by atoms with E-state index in [0.29, 0.717) is 34.5 Å². The van der Waals surface area contributed by atoms with Crippen LogP contribution in [0.2, 0.25) is 0 Å². The number of nitro groups is 1. The summed E-state index contributed by atoms with van der Waals surface area (Å²) in [7, 11) is 3.12. The average molecular weight is 427 g/mol. The van der Waals surface area contributed by atoms with E-state index < -0.39 is 4.92 Å². The number of benzene rings is 2. The van der Waals surface area contributed by atoms with Gasteiger partial charge in [-0.2, -0.15) is 0 Å². The number of rotatable bonds is 6. The van der Waals surface area contributed by atoms with Gasteiger partial charge in [0, 0.05) is 36.6 Å². The number of hydrogen-bond donors (Lipinski definition) is 0. The molecule has 2 aromatic carbocycles. The quantitative estimate of drug-likeness (QED) is 0.388. The molecule has 0 unspecified atom stereocenters. The largest absolute Gasteiger partial charge is 0.493 e. The summed E-state index contributed by atoms with van der Waals surface area (Å²) in [5.74, 6) is 1.80. The van der Waals surface area contributed by atoms with Gasteiger partial charge in [-0.1, -0.05) is 23.9 Å². The van der Waals surface area contributed by atoms with Gasteiger partial charge in [-0.05, 0) is 30.2 Å². The standard InChI is InChI=1S/C21H21N3O5S/c1-28-18-9-8-16(14-19(18)29-2)22-21-23(11-4-12-30-21)20(25)10-7-15-5-3-6-17(13-15)24(26)27/h3,5-10,13-14H,4,11-12H2,1-2H3/b10-7+,22-21?. The van der Waals surface area contributed by atoms with Crippen LogP contribution in [0.3, 0.4) is 0 Å². The highest BCUT2D eigenvalue weighted by atomic mass is 32.2. The molecule has 1 saturated heterocycles. The minimum Gasteiger partial charge on any atom is -0.493 e. The lowest BCUT2D eigenvalue weighted by molar-refractivity contribution is -0.384. The number of amidine groups is 1. The molecular formula is C21H21N3O5S. The molecule has 8 nitrogen and oxygen atoms in total. The predicted molar refractivity (Wildman–Crippen MR) is 118 cm³/mol. The van der Waals surface area contributed by atoms with Crippen LogP contribution < -0.4 is 9.47 Å². The minimum absolute atomic E-state index is 0.0196. The Morgan fingerprint density at radius 3 is 2.73 bits per heavy atom. The summed E-state index contributed by atoms with van der Waals surface area (Å²) in [6, 6.07) is 11.4. The number of aliphatic imine (C=N–C) groups is 1. The zero-order chi connectivity index (χ0) is 21.5. The molecule has 30 heavy (non-hydrogen) atoms. The van der Waals surface area contributed by atoms with E-state index in [1.165, 1.54) is 30.0 Å². The summed E-state index contributed by atoms with van der Waals surface area (Å²) in [6.45, 7) is 0.553. The summed E-state index contributed by atoms with van der Waals surface area (Å²) < 4.78 is 10.6. The predicted octanol–water partition coefficient (Wildman–Crippen LogP) is 4.28. The van der Waals surface area contributed by atoms with Gasteiger partial charge in [0.1, 0.15) is 0 Å². The van der Waals surface area contributed by atoms with Crippen molar-refractivity contribution in [2.75, 3.05) is 26.5 Å². The summed E-state index contributed by atoms with van der Waals surface area (Å²) in [6.07, 6.45) is 3.84. The lowest BCUT2D eigenvalue weighted by Crippen LogP contribution is -2.38. The van der Waals surface area contributed by atoms with Crippen LogP contribution in [-0.4, -0.2) is 47.4 Å². The Kier molecular flexibility index (Phi) is 7.08. The third kappa shape index (κ3) is 5.18. The maximum absolute atomic E-state index is 12.8. The normalized spacial score (nSPS) is 15.4. The molecule has 9 heteroatoms. The molecule has 2 aromatic rings. The molecule has 1 amide bonds. The third-order valence-corrected chi connectivity index (χ3v) is 5.41. The minimum atomic E-state index is -0.464. The van der Waals surface area contributed by atoms with Crippen LogP contribution in [0.15, 0.2) is 53.5 Å². The average Bonchev–Trinajstić information content (AvgIpc) is 2.78. The first kappa shape index (κ1) is 21.4. The summed E-state index contributed by atoms with van der Waals surface area (Å²) >= 11 is 1.51. The number of carbonyl (C=O) groups excluding carboxylic acids is 1. The molecule has 0 aromatic heterocycles. The van der Waals surface area contributed by atoms with Gasteiger partial charge < -0.3 is 9.47 Å². The Hall–Kier alpha value is -3.33. The maximum atomic E-state index is 12.8. The molecule has 0 N–H and O–H groups in total. The Bertz CT molecular complexity index is 1010. The van der Waals surface area contributed by atoms with E-state index in [1.54, 1.807) is 55.5 Å². The monoisotopic (exact) mass is 427 g/mol. The van der Waals surface area contributed by atoms with Gasteiger partial charge in [0.05, 0.1) is 24.8 Å². The zero-order valence-electron chi connectivity index (χ0n) is 16.6. The van der Waals surface area contributed by atoms with E-state index in [4.69, 9.17) is 9.47 Å². The van der Waals surface area contributed by atoms with Crippen LogP contribution in [-0.2, 0) is 4.79 Å². The fourth-order valence-corrected chi connectivity index (χ4v) is 3.82. The molecular weight excluding hydrogens is 406 g/mol. The summed E-state index contributed by atoms with van der Waals surface area (Å²) in [5.41, 5.74) is 1.21. The Morgan fingerprint density at radius 2 is 2.00 bits per heavy atom. The molecule has 1 aliphatic heterocycles. The van der Waals surface area contributed by atoms with E-state index in [9.17, 15) is 14.9 Å². The van der Waals surface area contributed by atoms with Crippen LogP contribution in [0.25, 0.3) is 6.08 Å². The lowest BCUT2D eigenvalue weighted by Gasteiger charge is -2.26. The van der Waals surface area contributed by atoms with Gasteiger partial charge in [-0.15, -0.1) is 0 Å². The van der Waals surface area contributed by atoms with Crippen molar-refractivity contribution in [2.24, 2.45) is 4.99 Å². The van der Waals surface area contributed by atoms with Crippen molar-refractivity contribution in [3.8, 4) is 11.5 Å². The van der Waals surface area contributed by atoms with Crippen molar-refractivity contribution in [3.63, 3.8) is 0 Å². The second-order valence-corrected chi connectivity index (χ2v) is 7.37. The SMILES string of the molecule is COc1ccc(N=C2SCCCN2C(=O)/C=C/c2cccc([N+](=O)[O-])c2)cc1OC. The van der Waals surface area contributed by atoms with Crippen LogP contribution in [0.4, 0.5) is 11.4 Å². The van der Waals surface area contributed by atoms with E-state index in [-0.39, 0.29) is 11.6 Å². The van der Waals surface area contributed by atoms with Crippen molar-refractivity contribution in [3.05, 3.63) is 64.2 Å². The van der Waals surface area contributed by atoms with E-state index in [2.05, 4.69) is 4.99 Å². The molecule has 0 spiro atoms. The van der Waals surface area contributed by atoms with Gasteiger partial charge in [0.25, 0.3) is 11.6 Å². The van der Waals surface area contributed by atoms with E-state index in [1.807, 2.05) is 0 Å². The van der Waals surface area contributed by atoms with Crippen molar-refractivity contribution in [1.82, 2.24) is 4.90 Å². The highest BCUT2D eigenvalue weighted by molar-refractivity contribution is 8.13. The zero-order valence-corrected chi connectivity index (χ0v) is 17.4. The van der Waals surface area contributed by atoms with Gasteiger partial charge in [-0.3, -0.25) is 19.8 Å². The molecule has 0 saturated carbocycles. The van der Waals surface area contributed by atoms with E-state index in [0.717, 1.165) is 12.2 Å². The second kappa shape index (κ2) is 9.93. The second-order valence-electron chi connectivity index (χ2n) is 6.31. The number of hydrogen-bond acceptors (Lipinski definition) is 7. The number of methoxy groups -OCH3 is 2. The first-order valence-electron chi connectivity index (χ1n) is 9.19. The number of nitro benzene ring substituents is 1. The smallest absolute Gasteiger partial charge is 0.270 e. The van der Waals surface area contributed by atoms with Crippen molar-refractivity contribution in [2.45, 2.75) is 6.42 Å². The highest BCUT2D eigenvalue weighted by Crippen LogP contribution is 2.32. The maximum Gasteiger partial charge on any atom is 0.270 e. The number of thioether (sulfide) groups is 1. The topological polar surface area (TPSA) is 94.3 Å². The molecule has 3 rings (SSSR count). The Morgan fingerprint density at radius 1 is 1.20 bits per heavy atom. The van der Waals surface area contributed by atoms with Crippen LogP contribution in [0.1, 0.15) is 12.0 Å². The first-order valence-corrected chi connectivity index (χ1v) is 10.2. The van der Waals surface area contributed by atoms with E-state index >= 15 is 0 Å². The Labute approximate surface area is 178 Å². The van der Waals surface area contributed by atoms with Crippen molar-refractivity contribution >= 4 is 40.3 Å². The molecule has 1 heterocycles. The number of nitrogens with zero attached hydrogens (tertiary/aromatic N) is 3. The van der Waals surface area contributed by atoms with Crippen LogP contribution in [0.5, 0.6) is 11.5 Å². The van der Waals surface area contributed by atoms with Gasteiger partial charge >= 0.3 is 0 Å². The van der Waals surface area contributed by atoms with Crippen LogP contribution >= 0.6 is 11.8 Å². The summed E-state index contributed by atoms with van der Waals surface area (Å²) in [4.78, 5) is 29.5. The first-order chi connectivity index (χ1) is 14.5. The molecule has 1 aliphatic rings. The van der Waals surface area contributed by atoms with Crippen molar-refractivity contribution < 1.29 is 19.2 Å². The number of carbonyl (C=O) groups is 1. The molecule has 0 bridgehead atoms. The fourth-order valence-electron chi connectivity index (χ4n) is 2.86. The lowest BCUT2D eigenvalue weighted by atomic mass is 10.2. The summed E-state index contributed by atoms with van der Waals surface area (Å²) in [5, 5.41) is 11.5. The number of non-ortho nitro benzene ring substituents is 1. The van der Waals surface area contributed by atoms with Gasteiger partial charge in [0.15, 0.2) is 16.7 Å². The molecule has 156 valence electrons. The van der Waals surface area contributed by atoms with Gasteiger partial charge in [0.2, 0.25) is 0 Å². The third-order valence-electron chi connectivity index (χ3n) is 4.35. The molecule has 0 radical (unpaired) electrons.